The predicted molar refractivity (Wildman–Crippen MR) is 79.5 cm³/mol. The first-order chi connectivity index (χ1) is 9.67. The Bertz CT molecular complexity index is 762. The standard InChI is InChI=1S/C16H17N3O/c1-10-4-5-12(11(2)8-10)13-6-7-14-16(18-13)19-15(20-14)9-17-3/h4-8,17H,9H2,1-3H3. The van der Waals surface area contributed by atoms with Crippen LogP contribution in [-0.2, 0) is 6.54 Å². The van der Waals surface area contributed by atoms with Crippen molar-refractivity contribution in [3.8, 4) is 11.3 Å². The number of aromatic nitrogens is 2. The highest BCUT2D eigenvalue weighted by Crippen LogP contribution is 2.25. The predicted octanol–water partition coefficient (Wildman–Crippen LogP) is 3.23. The van der Waals surface area contributed by atoms with Gasteiger partial charge in [-0.15, -0.1) is 0 Å². The van der Waals surface area contributed by atoms with Crippen LogP contribution in [0.15, 0.2) is 34.7 Å². The second kappa shape index (κ2) is 5.06. The summed E-state index contributed by atoms with van der Waals surface area (Å²) in [4.78, 5) is 9.00. The van der Waals surface area contributed by atoms with E-state index in [1.165, 1.54) is 11.1 Å². The minimum atomic E-state index is 0.606. The Labute approximate surface area is 117 Å². The topological polar surface area (TPSA) is 51.0 Å². The largest absolute Gasteiger partial charge is 0.438 e. The van der Waals surface area contributed by atoms with E-state index >= 15 is 0 Å². The van der Waals surface area contributed by atoms with Crippen molar-refractivity contribution in [2.45, 2.75) is 20.4 Å². The molecule has 0 unspecified atom stereocenters. The Hall–Kier alpha value is -2.20. The summed E-state index contributed by atoms with van der Waals surface area (Å²) in [5, 5.41) is 3.02. The van der Waals surface area contributed by atoms with Crippen LogP contribution < -0.4 is 5.32 Å². The van der Waals surface area contributed by atoms with Crippen molar-refractivity contribution in [1.29, 1.82) is 0 Å². The summed E-state index contributed by atoms with van der Waals surface area (Å²) < 4.78 is 5.61. The van der Waals surface area contributed by atoms with Gasteiger partial charge in [0.05, 0.1) is 12.2 Å². The lowest BCUT2D eigenvalue weighted by molar-refractivity contribution is 0.511. The number of nitrogens with one attached hydrogen (secondary N) is 1. The van der Waals surface area contributed by atoms with E-state index in [-0.39, 0.29) is 0 Å². The molecule has 3 aromatic rings. The fourth-order valence-corrected chi connectivity index (χ4v) is 2.34. The first kappa shape index (κ1) is 12.8. The highest BCUT2D eigenvalue weighted by molar-refractivity contribution is 5.74. The third-order valence-electron chi connectivity index (χ3n) is 3.28. The molecule has 0 saturated heterocycles. The minimum absolute atomic E-state index is 0.606. The number of aryl methyl sites for hydroxylation is 2. The van der Waals surface area contributed by atoms with Gasteiger partial charge in [-0.05, 0) is 38.6 Å². The molecule has 0 fully saturated rings. The number of rotatable bonds is 3. The van der Waals surface area contributed by atoms with Crippen LogP contribution in [0.4, 0.5) is 0 Å². The minimum Gasteiger partial charge on any atom is -0.438 e. The van der Waals surface area contributed by atoms with Crippen LogP contribution in [0, 0.1) is 13.8 Å². The SMILES string of the molecule is CNCc1nc2nc(-c3ccc(C)cc3C)ccc2o1. The number of benzene rings is 1. The molecule has 4 nitrogen and oxygen atoms in total. The van der Waals surface area contributed by atoms with E-state index in [9.17, 15) is 0 Å². The van der Waals surface area contributed by atoms with E-state index in [1.54, 1.807) is 0 Å². The fraction of sp³-hybridized carbons (Fsp3) is 0.250. The van der Waals surface area contributed by atoms with Gasteiger partial charge in [-0.3, -0.25) is 0 Å². The van der Waals surface area contributed by atoms with E-state index in [0.717, 1.165) is 16.8 Å². The number of pyridine rings is 1. The van der Waals surface area contributed by atoms with Gasteiger partial charge in [-0.2, -0.15) is 4.98 Å². The molecule has 0 aliphatic rings. The monoisotopic (exact) mass is 267 g/mol. The molecule has 0 radical (unpaired) electrons. The maximum absolute atomic E-state index is 5.61. The van der Waals surface area contributed by atoms with Gasteiger partial charge in [0.1, 0.15) is 0 Å². The van der Waals surface area contributed by atoms with E-state index in [0.29, 0.717) is 18.1 Å². The van der Waals surface area contributed by atoms with Gasteiger partial charge in [-0.1, -0.05) is 23.8 Å². The number of oxazole rings is 1. The lowest BCUT2D eigenvalue weighted by Gasteiger charge is -2.05. The molecule has 0 aliphatic carbocycles. The Morgan fingerprint density at radius 1 is 1.10 bits per heavy atom. The van der Waals surface area contributed by atoms with Crippen molar-refractivity contribution in [3.05, 3.63) is 47.3 Å². The van der Waals surface area contributed by atoms with Crippen LogP contribution >= 0.6 is 0 Å². The molecule has 4 heteroatoms. The molecule has 0 aliphatic heterocycles. The molecule has 1 aromatic carbocycles. The average Bonchev–Trinajstić information content (AvgIpc) is 2.80. The summed E-state index contributed by atoms with van der Waals surface area (Å²) in [6.07, 6.45) is 0. The summed E-state index contributed by atoms with van der Waals surface area (Å²) in [5.74, 6) is 0.660. The van der Waals surface area contributed by atoms with Gasteiger partial charge in [0.15, 0.2) is 11.2 Å². The third kappa shape index (κ3) is 2.30. The summed E-state index contributed by atoms with van der Waals surface area (Å²) in [6, 6.07) is 10.3. The normalized spacial score (nSPS) is 11.2. The molecule has 0 bridgehead atoms. The first-order valence-corrected chi connectivity index (χ1v) is 6.66. The van der Waals surface area contributed by atoms with Crippen LogP contribution in [0.25, 0.3) is 22.5 Å². The van der Waals surface area contributed by atoms with Crippen LogP contribution in [0.3, 0.4) is 0 Å². The van der Waals surface area contributed by atoms with Crippen molar-refractivity contribution >= 4 is 11.2 Å². The third-order valence-corrected chi connectivity index (χ3v) is 3.28. The van der Waals surface area contributed by atoms with E-state index in [2.05, 4.69) is 47.3 Å². The Morgan fingerprint density at radius 3 is 2.70 bits per heavy atom. The van der Waals surface area contributed by atoms with Gasteiger partial charge >= 0.3 is 0 Å². The second-order valence-electron chi connectivity index (χ2n) is 4.97. The summed E-state index contributed by atoms with van der Waals surface area (Å²) in [6.45, 7) is 4.80. The van der Waals surface area contributed by atoms with Gasteiger partial charge < -0.3 is 9.73 Å². The fourth-order valence-electron chi connectivity index (χ4n) is 2.34. The van der Waals surface area contributed by atoms with Crippen molar-refractivity contribution < 1.29 is 4.42 Å². The number of nitrogens with zero attached hydrogens (tertiary/aromatic N) is 2. The molecule has 0 atom stereocenters. The summed E-state index contributed by atoms with van der Waals surface area (Å²) >= 11 is 0. The molecule has 3 rings (SSSR count). The van der Waals surface area contributed by atoms with Gasteiger partial charge in [0.2, 0.25) is 5.89 Å². The van der Waals surface area contributed by atoms with Crippen molar-refractivity contribution in [1.82, 2.24) is 15.3 Å². The van der Waals surface area contributed by atoms with E-state index in [1.807, 2.05) is 19.2 Å². The van der Waals surface area contributed by atoms with Gasteiger partial charge in [0, 0.05) is 5.56 Å². The molecule has 0 amide bonds. The van der Waals surface area contributed by atoms with Gasteiger partial charge in [-0.25, -0.2) is 4.98 Å². The highest BCUT2D eigenvalue weighted by Gasteiger charge is 2.09. The maximum Gasteiger partial charge on any atom is 0.211 e. The van der Waals surface area contributed by atoms with Crippen LogP contribution in [-0.4, -0.2) is 17.0 Å². The van der Waals surface area contributed by atoms with Gasteiger partial charge in [0.25, 0.3) is 0 Å². The number of fused-ring (bicyclic) bond motifs is 1. The zero-order valence-electron chi connectivity index (χ0n) is 11.9. The van der Waals surface area contributed by atoms with Crippen molar-refractivity contribution in [3.63, 3.8) is 0 Å². The highest BCUT2D eigenvalue weighted by atomic mass is 16.3. The van der Waals surface area contributed by atoms with Crippen molar-refractivity contribution in [2.24, 2.45) is 0 Å². The Kier molecular flexibility index (Phi) is 3.24. The summed E-state index contributed by atoms with van der Waals surface area (Å²) in [7, 11) is 1.86. The average molecular weight is 267 g/mol. The number of hydrogen-bond acceptors (Lipinski definition) is 4. The molecule has 0 spiro atoms. The smallest absolute Gasteiger partial charge is 0.211 e. The van der Waals surface area contributed by atoms with Crippen molar-refractivity contribution in [2.75, 3.05) is 7.05 Å². The van der Waals surface area contributed by atoms with Crippen LogP contribution in [0.2, 0.25) is 0 Å². The zero-order chi connectivity index (χ0) is 14.1. The lowest BCUT2D eigenvalue weighted by Crippen LogP contribution is -2.04. The Balaban J connectivity index is 2.07. The quantitative estimate of drug-likeness (QED) is 0.791. The molecule has 20 heavy (non-hydrogen) atoms. The van der Waals surface area contributed by atoms with E-state index < -0.39 is 0 Å². The Morgan fingerprint density at radius 2 is 1.95 bits per heavy atom. The van der Waals surface area contributed by atoms with Crippen LogP contribution in [0.1, 0.15) is 17.0 Å². The molecule has 1 N–H and O–H groups in total. The molecule has 2 heterocycles. The van der Waals surface area contributed by atoms with E-state index in [4.69, 9.17) is 4.42 Å². The second-order valence-corrected chi connectivity index (χ2v) is 4.97. The number of hydrogen-bond donors (Lipinski definition) is 1. The maximum atomic E-state index is 5.61. The zero-order valence-corrected chi connectivity index (χ0v) is 11.9. The molecule has 102 valence electrons. The molecular weight excluding hydrogens is 250 g/mol. The lowest BCUT2D eigenvalue weighted by atomic mass is 10.0. The molecule has 2 aromatic heterocycles. The van der Waals surface area contributed by atoms with Crippen LogP contribution in [0.5, 0.6) is 0 Å². The first-order valence-electron chi connectivity index (χ1n) is 6.66. The molecule has 0 saturated carbocycles. The molecular formula is C16H17N3O. The summed E-state index contributed by atoms with van der Waals surface area (Å²) in [5.41, 5.74) is 5.92.